The van der Waals surface area contributed by atoms with Crippen LogP contribution in [0.3, 0.4) is 0 Å². The number of likely N-dealkylation sites (N-methyl/N-ethyl adjacent to an activating group) is 1. The van der Waals surface area contributed by atoms with Crippen molar-refractivity contribution in [3.05, 3.63) is 47.9 Å². The minimum atomic E-state index is -1.45. The highest BCUT2D eigenvalue weighted by Crippen LogP contribution is 2.43. The molecular formula is C53H79IN10O11. The molecule has 3 aromatic rings. The standard InChI is InChI=1S/C53H79IN10O11/c1-10-14-16-17-34(12-3)46-61-43-37(22-25-55-47(43)62-46)58-50-45(69)44(68)42(32(8)75-50)60-39(66)28-63(9)52(73)74-29-33-18-20-35(21-19-33)57-48(70)31(7)56-49(71)41(30(5)6)59-38(65)23-26-64-40(67)27-36(51(64)72)53(54,13-4)24-15-11-2/h18-22,25,30-32,34,36,41-42,44-45,50,68-69H,10-17,23-24,26-29H2,1-9H3,(H,56,71)(H,57,70)(H,59,65)(H,60,66)(H2,55,58,61,62)/t31-,32-,34?,36?,41-,42-,44+,45+,50-,53?/m0/s1. The fourth-order valence-corrected chi connectivity index (χ4v) is 10.3. The number of hydrogen-bond acceptors (Lipinski definition) is 14. The molecule has 414 valence electrons. The van der Waals surface area contributed by atoms with Crippen molar-refractivity contribution in [3.8, 4) is 0 Å². The summed E-state index contributed by atoms with van der Waals surface area (Å²) in [4.78, 5) is 107. The van der Waals surface area contributed by atoms with Crippen LogP contribution in [0.4, 0.5) is 16.2 Å². The Hall–Kier alpha value is -5.46. The topological polar surface area (TPSA) is 287 Å². The van der Waals surface area contributed by atoms with Crippen LogP contribution in [0.1, 0.15) is 143 Å². The fraction of sp³-hybridized carbons (Fsp3) is 0.642. The predicted octanol–water partition coefficient (Wildman–Crippen LogP) is 5.79. The number of carbonyl (C=O) groups is 7. The summed E-state index contributed by atoms with van der Waals surface area (Å²) in [5, 5.41) is 36.3. The second-order valence-electron chi connectivity index (χ2n) is 20.3. The molecule has 2 fully saturated rings. The number of unbranched alkanes of at least 4 members (excludes halogenated alkanes) is 3. The van der Waals surface area contributed by atoms with Crippen molar-refractivity contribution in [3.63, 3.8) is 0 Å². The van der Waals surface area contributed by atoms with E-state index in [2.05, 4.69) is 79.9 Å². The number of aromatic nitrogens is 3. The summed E-state index contributed by atoms with van der Waals surface area (Å²) in [5.74, 6) is -2.52. The lowest BCUT2D eigenvalue weighted by Gasteiger charge is -2.42. The van der Waals surface area contributed by atoms with Crippen molar-refractivity contribution in [2.45, 2.75) is 185 Å². The fourth-order valence-electron chi connectivity index (χ4n) is 9.41. The third-order valence-electron chi connectivity index (χ3n) is 14.2. The third-order valence-corrected chi connectivity index (χ3v) is 16.3. The minimum Gasteiger partial charge on any atom is -0.445 e. The molecule has 5 rings (SSSR count). The van der Waals surface area contributed by atoms with Gasteiger partial charge in [-0.25, -0.2) is 14.8 Å². The van der Waals surface area contributed by atoms with Crippen molar-refractivity contribution in [2.24, 2.45) is 11.8 Å². The highest BCUT2D eigenvalue weighted by molar-refractivity contribution is 14.1. The number of pyridine rings is 1. The molecule has 75 heavy (non-hydrogen) atoms. The van der Waals surface area contributed by atoms with Gasteiger partial charge < -0.3 is 56.2 Å². The number of amides is 7. The van der Waals surface area contributed by atoms with E-state index in [0.717, 1.165) is 73.4 Å². The van der Waals surface area contributed by atoms with Crippen molar-refractivity contribution < 1.29 is 53.2 Å². The van der Waals surface area contributed by atoms with Crippen LogP contribution in [0, 0.1) is 11.8 Å². The highest BCUT2D eigenvalue weighted by atomic mass is 127. The molecule has 3 unspecified atom stereocenters. The molecule has 0 radical (unpaired) electrons. The molecule has 10 atom stereocenters. The van der Waals surface area contributed by atoms with Gasteiger partial charge in [-0.15, -0.1) is 0 Å². The number of anilines is 2. The van der Waals surface area contributed by atoms with Gasteiger partial charge in [0.1, 0.15) is 48.8 Å². The zero-order valence-electron chi connectivity index (χ0n) is 44.9. The van der Waals surface area contributed by atoms with Crippen molar-refractivity contribution in [1.29, 1.82) is 0 Å². The molecule has 21 nitrogen and oxygen atoms in total. The lowest BCUT2D eigenvalue weighted by atomic mass is 9.84. The molecule has 0 bridgehead atoms. The number of alkyl halides is 1. The first kappa shape index (κ1) is 60.4. The normalized spacial score (nSPS) is 21.7. The van der Waals surface area contributed by atoms with E-state index in [4.69, 9.17) is 14.5 Å². The molecule has 8 N–H and O–H groups in total. The van der Waals surface area contributed by atoms with E-state index >= 15 is 0 Å². The van der Waals surface area contributed by atoms with Crippen LogP contribution in [-0.4, -0.2) is 143 Å². The van der Waals surface area contributed by atoms with Gasteiger partial charge in [-0.05, 0) is 69.2 Å². The number of aliphatic hydroxyl groups is 2. The smallest absolute Gasteiger partial charge is 0.410 e. The number of benzene rings is 1. The van der Waals surface area contributed by atoms with E-state index in [1.807, 2.05) is 6.92 Å². The van der Waals surface area contributed by atoms with Crippen molar-refractivity contribution >= 4 is 86.7 Å². The SMILES string of the molecule is CCCCCC(CC)c1nc2nccc(N[C@H]3O[C@@H](C)[C@H](NC(=O)CN(C)C(=O)OCc4ccc(NC(=O)[C@H](C)NC(=O)[C@@H](NC(=O)CCN5C(=O)CC(C(I)(CC)CCCC)C5=O)C(C)C)cc4)[C@@H](O)[C@H]3O)c2[nH]1. The molecule has 2 aromatic heterocycles. The molecule has 2 aliphatic heterocycles. The largest absolute Gasteiger partial charge is 0.445 e. The lowest BCUT2D eigenvalue weighted by Crippen LogP contribution is -2.64. The van der Waals surface area contributed by atoms with Crippen molar-refractivity contribution in [2.75, 3.05) is 30.8 Å². The van der Waals surface area contributed by atoms with Crippen LogP contribution < -0.4 is 26.6 Å². The number of halogens is 1. The molecule has 0 spiro atoms. The van der Waals surface area contributed by atoms with Crippen LogP contribution in [0.5, 0.6) is 0 Å². The zero-order valence-corrected chi connectivity index (χ0v) is 47.0. The number of hydrogen-bond donors (Lipinski definition) is 8. The van der Waals surface area contributed by atoms with E-state index < -0.39 is 84.8 Å². The maximum Gasteiger partial charge on any atom is 0.410 e. The number of carbonyl (C=O) groups excluding carboxylic acids is 7. The number of likely N-dealkylation sites (tertiary alicyclic amines) is 1. The molecule has 0 saturated carbocycles. The van der Waals surface area contributed by atoms with Gasteiger partial charge in [0.2, 0.25) is 35.4 Å². The number of ether oxygens (including phenoxy) is 2. The molecule has 0 aliphatic carbocycles. The summed E-state index contributed by atoms with van der Waals surface area (Å²) in [6.07, 6.45) is 4.87. The van der Waals surface area contributed by atoms with E-state index in [9.17, 15) is 43.8 Å². The number of imide groups is 1. The predicted molar refractivity (Wildman–Crippen MR) is 291 cm³/mol. The second-order valence-corrected chi connectivity index (χ2v) is 22.4. The Labute approximate surface area is 453 Å². The minimum absolute atomic E-state index is 0.0896. The van der Waals surface area contributed by atoms with E-state index in [1.54, 1.807) is 57.3 Å². The number of nitrogens with zero attached hydrogens (tertiary/aromatic N) is 4. The van der Waals surface area contributed by atoms with E-state index in [1.165, 1.54) is 14.0 Å². The summed E-state index contributed by atoms with van der Waals surface area (Å²) in [6, 6.07) is 5.16. The molecule has 22 heteroatoms. The van der Waals surface area contributed by atoms with Gasteiger partial charge in [0, 0.05) is 47.7 Å². The van der Waals surface area contributed by atoms with Crippen LogP contribution in [0.15, 0.2) is 36.5 Å². The monoisotopic (exact) mass is 1160 g/mol. The number of imidazole rings is 1. The number of aliphatic hydroxyl groups excluding tert-OH is 2. The molecule has 4 heterocycles. The zero-order chi connectivity index (χ0) is 55.1. The average molecular weight is 1160 g/mol. The van der Waals surface area contributed by atoms with Gasteiger partial charge in [0.05, 0.1) is 23.8 Å². The number of aromatic amines is 1. The van der Waals surface area contributed by atoms with Crippen molar-refractivity contribution in [1.82, 2.24) is 40.7 Å². The van der Waals surface area contributed by atoms with Crippen LogP contribution >= 0.6 is 22.6 Å². The Bertz CT molecular complexity index is 2440. The first-order chi connectivity index (χ1) is 35.6. The second kappa shape index (κ2) is 28.1. The number of nitrogens with one attached hydrogen (secondary N) is 6. The quantitative estimate of drug-likeness (QED) is 0.0194. The molecule has 1 aromatic carbocycles. The molecule has 2 saturated heterocycles. The van der Waals surface area contributed by atoms with Crippen LogP contribution in [0.25, 0.3) is 11.2 Å². The molecular weight excluding hydrogens is 1080 g/mol. The average Bonchev–Trinajstić information content (AvgIpc) is 3.95. The maximum atomic E-state index is 13.3. The van der Waals surface area contributed by atoms with Gasteiger partial charge in [-0.3, -0.25) is 33.7 Å². The Morgan fingerprint density at radius 3 is 2.32 bits per heavy atom. The summed E-state index contributed by atoms with van der Waals surface area (Å²) in [7, 11) is 1.38. The first-order valence-electron chi connectivity index (χ1n) is 26.5. The summed E-state index contributed by atoms with van der Waals surface area (Å²) < 4.78 is 11.2. The molecule has 2 aliphatic rings. The first-order valence-corrected chi connectivity index (χ1v) is 27.5. The summed E-state index contributed by atoms with van der Waals surface area (Å²) >= 11 is 2.32. The van der Waals surface area contributed by atoms with Crippen LogP contribution in [-0.2, 0) is 44.8 Å². The Kier molecular flexibility index (Phi) is 22.6. The van der Waals surface area contributed by atoms with Gasteiger partial charge in [-0.1, -0.05) is 108 Å². The Morgan fingerprint density at radius 2 is 1.67 bits per heavy atom. The van der Waals surface area contributed by atoms with Gasteiger partial charge >= 0.3 is 6.09 Å². The highest BCUT2D eigenvalue weighted by Gasteiger charge is 2.49. The Morgan fingerprint density at radius 1 is 0.960 bits per heavy atom. The molecule has 7 amide bonds. The summed E-state index contributed by atoms with van der Waals surface area (Å²) in [6.45, 7) is 14.4. The van der Waals surface area contributed by atoms with Crippen LogP contribution in [0.2, 0.25) is 0 Å². The number of fused-ring (bicyclic) bond motifs is 1. The summed E-state index contributed by atoms with van der Waals surface area (Å²) in [5.41, 5.74) is 2.72. The third kappa shape index (κ3) is 16.0. The Balaban J connectivity index is 1.03. The number of rotatable bonds is 27. The van der Waals surface area contributed by atoms with Gasteiger partial charge in [0.25, 0.3) is 0 Å². The van der Waals surface area contributed by atoms with Gasteiger partial charge in [0.15, 0.2) is 11.9 Å². The van der Waals surface area contributed by atoms with E-state index in [-0.39, 0.29) is 53.1 Å². The van der Waals surface area contributed by atoms with E-state index in [0.29, 0.717) is 28.1 Å². The lowest BCUT2D eigenvalue weighted by molar-refractivity contribution is -0.172. The maximum absolute atomic E-state index is 13.3. The van der Waals surface area contributed by atoms with Gasteiger partial charge in [-0.2, -0.15) is 0 Å². The number of H-pyrrole nitrogens is 1.